The molecule has 2 bridgehead atoms. The van der Waals surface area contributed by atoms with E-state index >= 15 is 0 Å². The molecule has 1 amide bonds. The summed E-state index contributed by atoms with van der Waals surface area (Å²) in [5.74, 6) is 4.37. The molecule has 5 rings (SSSR count). The smallest absolute Gasteiger partial charge is 0.223 e. The van der Waals surface area contributed by atoms with Crippen molar-refractivity contribution in [1.82, 2.24) is 20.2 Å². The SMILES string of the molecule is O=C(NCCc1cnc[nH]1)C1[C@H]2CN(C[C@H]3C[C@H]4C=C[C@@H]3C4)C[C@@H]12. The largest absolute Gasteiger partial charge is 0.355 e. The molecule has 1 saturated heterocycles. The number of amides is 1. The van der Waals surface area contributed by atoms with Crippen molar-refractivity contribution in [1.29, 1.82) is 0 Å². The van der Waals surface area contributed by atoms with Gasteiger partial charge in [-0.15, -0.1) is 0 Å². The molecule has 1 unspecified atom stereocenters. The van der Waals surface area contributed by atoms with Crippen molar-refractivity contribution in [3.63, 3.8) is 0 Å². The second-order valence-corrected chi connectivity index (χ2v) is 8.23. The number of carbonyl (C=O) groups is 1. The van der Waals surface area contributed by atoms with E-state index in [4.69, 9.17) is 0 Å². The fourth-order valence-corrected chi connectivity index (χ4v) is 5.45. The third-order valence-corrected chi connectivity index (χ3v) is 6.73. The summed E-state index contributed by atoms with van der Waals surface area (Å²) in [5, 5.41) is 3.11. The van der Waals surface area contributed by atoms with E-state index in [9.17, 15) is 4.79 Å². The molecule has 0 radical (unpaired) electrons. The lowest BCUT2D eigenvalue weighted by Crippen LogP contribution is -2.35. The summed E-state index contributed by atoms with van der Waals surface area (Å²) >= 11 is 0. The predicted octanol–water partition coefficient (Wildman–Crippen LogP) is 1.46. The van der Waals surface area contributed by atoms with E-state index in [0.717, 1.165) is 43.0 Å². The van der Waals surface area contributed by atoms with Crippen LogP contribution in [0.2, 0.25) is 0 Å². The minimum Gasteiger partial charge on any atom is -0.355 e. The first-order valence-electron chi connectivity index (χ1n) is 9.43. The van der Waals surface area contributed by atoms with Crippen LogP contribution in [-0.2, 0) is 11.2 Å². The van der Waals surface area contributed by atoms with Crippen LogP contribution in [0.5, 0.6) is 0 Å². The van der Waals surface area contributed by atoms with Crippen LogP contribution >= 0.6 is 0 Å². The molecule has 1 aliphatic heterocycles. The maximum Gasteiger partial charge on any atom is 0.223 e. The average Bonchev–Trinajstić information content (AvgIpc) is 3.15. The summed E-state index contributed by atoms with van der Waals surface area (Å²) in [6.07, 6.45) is 12.0. The lowest BCUT2D eigenvalue weighted by molar-refractivity contribution is -0.123. The van der Waals surface area contributed by atoms with Gasteiger partial charge in [0, 0.05) is 50.4 Å². The normalized spacial score (nSPS) is 39.3. The standard InChI is InChI=1S/C19H26N4O/c24-19(21-4-3-15-7-20-11-22-15)18-16-9-23(10-17(16)18)8-14-6-12-1-2-13(14)5-12/h1-2,7,11-14,16-18H,3-6,8-10H2,(H,20,22)(H,21,24)/t12-,13+,14+,16-,17+,18?/m0/s1. The Morgan fingerprint density at radius 3 is 2.83 bits per heavy atom. The molecule has 2 N–H and O–H groups in total. The lowest BCUT2D eigenvalue weighted by atomic mass is 9.93. The van der Waals surface area contributed by atoms with Gasteiger partial charge in [0.2, 0.25) is 5.91 Å². The third-order valence-electron chi connectivity index (χ3n) is 6.73. The Kier molecular flexibility index (Phi) is 3.51. The molecule has 5 nitrogen and oxygen atoms in total. The second kappa shape index (κ2) is 5.73. The quantitative estimate of drug-likeness (QED) is 0.778. The van der Waals surface area contributed by atoms with Crippen LogP contribution < -0.4 is 5.32 Å². The van der Waals surface area contributed by atoms with Crippen molar-refractivity contribution < 1.29 is 4.79 Å². The first kappa shape index (κ1) is 14.7. The maximum atomic E-state index is 12.3. The highest BCUT2D eigenvalue weighted by Crippen LogP contribution is 2.53. The topological polar surface area (TPSA) is 61.0 Å². The Bertz CT molecular complexity index is 628. The minimum absolute atomic E-state index is 0.270. The number of nitrogens with zero attached hydrogens (tertiary/aromatic N) is 2. The highest BCUT2D eigenvalue weighted by Gasteiger charge is 2.59. The highest BCUT2D eigenvalue weighted by atomic mass is 16.2. The van der Waals surface area contributed by atoms with Gasteiger partial charge in [0.05, 0.1) is 6.33 Å². The van der Waals surface area contributed by atoms with E-state index in [-0.39, 0.29) is 11.8 Å². The first-order chi connectivity index (χ1) is 11.8. The molecule has 2 heterocycles. The number of H-pyrrole nitrogens is 1. The van der Waals surface area contributed by atoms with Gasteiger partial charge in [-0.1, -0.05) is 12.2 Å². The molecular weight excluding hydrogens is 300 g/mol. The van der Waals surface area contributed by atoms with Crippen LogP contribution in [0, 0.1) is 35.5 Å². The van der Waals surface area contributed by atoms with E-state index < -0.39 is 0 Å². The molecule has 128 valence electrons. The van der Waals surface area contributed by atoms with Crippen molar-refractivity contribution in [2.75, 3.05) is 26.2 Å². The van der Waals surface area contributed by atoms with Gasteiger partial charge in [-0.05, 0) is 42.4 Å². The van der Waals surface area contributed by atoms with Crippen LogP contribution in [0.3, 0.4) is 0 Å². The predicted molar refractivity (Wildman–Crippen MR) is 91.1 cm³/mol. The van der Waals surface area contributed by atoms with E-state index in [1.54, 1.807) is 6.33 Å². The molecule has 4 aliphatic rings. The number of nitrogens with one attached hydrogen (secondary N) is 2. The molecule has 0 aromatic carbocycles. The van der Waals surface area contributed by atoms with Gasteiger partial charge < -0.3 is 15.2 Å². The van der Waals surface area contributed by atoms with Crippen LogP contribution in [0.25, 0.3) is 0 Å². The van der Waals surface area contributed by atoms with Crippen molar-refractivity contribution in [3.05, 3.63) is 30.4 Å². The number of fused-ring (bicyclic) bond motifs is 3. The van der Waals surface area contributed by atoms with Crippen molar-refractivity contribution in [2.45, 2.75) is 19.3 Å². The summed E-state index contributed by atoms with van der Waals surface area (Å²) < 4.78 is 0. The summed E-state index contributed by atoms with van der Waals surface area (Å²) in [7, 11) is 0. The number of aromatic nitrogens is 2. The maximum absolute atomic E-state index is 12.3. The van der Waals surface area contributed by atoms with Crippen molar-refractivity contribution in [2.24, 2.45) is 35.5 Å². The molecule has 0 spiro atoms. The van der Waals surface area contributed by atoms with E-state index in [2.05, 4.69) is 32.3 Å². The van der Waals surface area contributed by atoms with E-state index in [1.165, 1.54) is 19.4 Å². The number of aromatic amines is 1. The van der Waals surface area contributed by atoms with Gasteiger partial charge in [0.15, 0.2) is 0 Å². The summed E-state index contributed by atoms with van der Waals surface area (Å²) in [5.41, 5.74) is 1.08. The zero-order chi connectivity index (χ0) is 16.1. The number of likely N-dealkylation sites (tertiary alicyclic amines) is 1. The Hall–Kier alpha value is -1.62. The number of imidazole rings is 1. The van der Waals surface area contributed by atoms with Crippen molar-refractivity contribution >= 4 is 5.91 Å². The zero-order valence-electron chi connectivity index (χ0n) is 14.0. The average molecular weight is 326 g/mol. The van der Waals surface area contributed by atoms with Gasteiger partial charge in [-0.3, -0.25) is 4.79 Å². The highest BCUT2D eigenvalue weighted by molar-refractivity contribution is 5.82. The summed E-state index contributed by atoms with van der Waals surface area (Å²) in [6, 6.07) is 0. The molecule has 1 aromatic rings. The first-order valence-corrected chi connectivity index (χ1v) is 9.43. The van der Waals surface area contributed by atoms with Crippen LogP contribution in [0.1, 0.15) is 18.5 Å². The Morgan fingerprint density at radius 1 is 1.29 bits per heavy atom. The molecule has 1 aromatic heterocycles. The number of rotatable bonds is 6. The second-order valence-electron chi connectivity index (χ2n) is 8.23. The number of allylic oxidation sites excluding steroid dienone is 2. The fourth-order valence-electron chi connectivity index (χ4n) is 5.45. The Morgan fingerprint density at radius 2 is 2.17 bits per heavy atom. The van der Waals surface area contributed by atoms with E-state index in [0.29, 0.717) is 18.4 Å². The third kappa shape index (κ3) is 2.59. The molecule has 3 fully saturated rings. The van der Waals surface area contributed by atoms with Crippen LogP contribution in [0.15, 0.2) is 24.7 Å². The Balaban J connectivity index is 1.05. The number of carbonyl (C=O) groups excluding carboxylic acids is 1. The molecule has 6 atom stereocenters. The Labute approximate surface area is 142 Å². The molecule has 5 heteroatoms. The zero-order valence-corrected chi connectivity index (χ0v) is 14.0. The van der Waals surface area contributed by atoms with Gasteiger partial charge in [0.25, 0.3) is 0 Å². The van der Waals surface area contributed by atoms with Gasteiger partial charge >= 0.3 is 0 Å². The minimum atomic E-state index is 0.270. The lowest BCUT2D eigenvalue weighted by Gasteiger charge is -2.26. The van der Waals surface area contributed by atoms with Gasteiger partial charge in [-0.25, -0.2) is 4.98 Å². The molecule has 3 aliphatic carbocycles. The molecule has 24 heavy (non-hydrogen) atoms. The summed E-state index contributed by atoms with van der Waals surface area (Å²) in [4.78, 5) is 22.0. The number of hydrogen-bond donors (Lipinski definition) is 2. The summed E-state index contributed by atoms with van der Waals surface area (Å²) in [6.45, 7) is 4.24. The fraction of sp³-hybridized carbons (Fsp3) is 0.684. The number of hydrogen-bond acceptors (Lipinski definition) is 3. The monoisotopic (exact) mass is 326 g/mol. The molecular formula is C19H26N4O. The van der Waals surface area contributed by atoms with Crippen LogP contribution in [0.4, 0.5) is 0 Å². The van der Waals surface area contributed by atoms with Gasteiger partial charge in [0.1, 0.15) is 0 Å². The number of piperidine rings is 1. The molecule has 2 saturated carbocycles. The van der Waals surface area contributed by atoms with E-state index in [1.807, 2.05) is 6.20 Å². The van der Waals surface area contributed by atoms with Crippen LogP contribution in [-0.4, -0.2) is 47.0 Å². The van der Waals surface area contributed by atoms with Crippen molar-refractivity contribution in [3.8, 4) is 0 Å². The van der Waals surface area contributed by atoms with Gasteiger partial charge in [-0.2, -0.15) is 0 Å².